The van der Waals surface area contributed by atoms with Crippen molar-refractivity contribution < 1.29 is 0 Å². The summed E-state index contributed by atoms with van der Waals surface area (Å²) in [6, 6.07) is 12.0. The molecule has 0 amide bonds. The Hall–Kier alpha value is -1.77. The van der Waals surface area contributed by atoms with E-state index in [1.165, 1.54) is 25.7 Å². The van der Waals surface area contributed by atoms with Gasteiger partial charge in [-0.3, -0.25) is 0 Å². The minimum atomic E-state index is 0.715. The maximum Gasteiger partial charge on any atom is 0.127 e. The summed E-state index contributed by atoms with van der Waals surface area (Å²) in [5, 5.41) is 4.57. The smallest absolute Gasteiger partial charge is 0.127 e. The molecule has 2 N–H and O–H groups in total. The van der Waals surface area contributed by atoms with Crippen molar-refractivity contribution in [3.8, 4) is 5.69 Å². The Kier molecular flexibility index (Phi) is 4.40. The summed E-state index contributed by atoms with van der Waals surface area (Å²) in [5.41, 5.74) is 8.12. The van der Waals surface area contributed by atoms with Gasteiger partial charge in [-0.15, -0.1) is 0 Å². The van der Waals surface area contributed by atoms with E-state index in [9.17, 15) is 0 Å². The van der Waals surface area contributed by atoms with E-state index in [2.05, 4.69) is 12.0 Å². The van der Waals surface area contributed by atoms with E-state index in [1.807, 2.05) is 41.1 Å². The molecule has 0 aliphatic heterocycles. The summed E-state index contributed by atoms with van der Waals surface area (Å²) < 4.78 is 1.81. The van der Waals surface area contributed by atoms with Gasteiger partial charge < -0.3 is 5.73 Å². The Balaban J connectivity index is 2.03. The number of nitrogens with two attached hydrogens (primary N) is 1. The van der Waals surface area contributed by atoms with Gasteiger partial charge in [0, 0.05) is 6.07 Å². The molecule has 0 saturated heterocycles. The molecule has 3 heteroatoms. The summed E-state index contributed by atoms with van der Waals surface area (Å²) in [4.78, 5) is 0. The van der Waals surface area contributed by atoms with Gasteiger partial charge in [0.15, 0.2) is 0 Å². The molecule has 1 heterocycles. The molecule has 0 radical (unpaired) electrons. The lowest BCUT2D eigenvalue weighted by Crippen LogP contribution is -2.01. The van der Waals surface area contributed by atoms with E-state index in [-0.39, 0.29) is 0 Å². The normalized spacial score (nSPS) is 10.7. The van der Waals surface area contributed by atoms with Gasteiger partial charge in [-0.05, 0) is 25.0 Å². The van der Waals surface area contributed by atoms with Gasteiger partial charge in [-0.2, -0.15) is 5.10 Å². The molecule has 0 fully saturated rings. The van der Waals surface area contributed by atoms with Crippen molar-refractivity contribution in [2.45, 2.75) is 39.0 Å². The molecule has 3 nitrogen and oxygen atoms in total. The lowest BCUT2D eigenvalue weighted by molar-refractivity contribution is 0.656. The molecule has 0 spiro atoms. The summed E-state index contributed by atoms with van der Waals surface area (Å²) in [7, 11) is 0. The summed E-state index contributed by atoms with van der Waals surface area (Å²) in [5.74, 6) is 0.715. The maximum absolute atomic E-state index is 6.00. The van der Waals surface area contributed by atoms with Gasteiger partial charge in [0.05, 0.1) is 11.4 Å². The minimum Gasteiger partial charge on any atom is -0.384 e. The van der Waals surface area contributed by atoms with Gasteiger partial charge in [0.1, 0.15) is 5.82 Å². The number of anilines is 1. The van der Waals surface area contributed by atoms with Crippen molar-refractivity contribution in [2.24, 2.45) is 0 Å². The van der Waals surface area contributed by atoms with E-state index in [4.69, 9.17) is 5.73 Å². The number of aromatic nitrogens is 2. The van der Waals surface area contributed by atoms with Gasteiger partial charge in [-0.1, -0.05) is 44.4 Å². The Morgan fingerprint density at radius 1 is 1.11 bits per heavy atom. The van der Waals surface area contributed by atoms with Gasteiger partial charge in [-0.25, -0.2) is 4.68 Å². The second-order valence-corrected chi connectivity index (χ2v) is 4.62. The molecule has 0 bridgehead atoms. The van der Waals surface area contributed by atoms with Crippen LogP contribution in [0.25, 0.3) is 5.69 Å². The van der Waals surface area contributed by atoms with E-state index in [0.717, 1.165) is 17.8 Å². The zero-order chi connectivity index (χ0) is 12.8. The average Bonchev–Trinajstić information content (AvgIpc) is 2.77. The van der Waals surface area contributed by atoms with E-state index in [1.54, 1.807) is 0 Å². The van der Waals surface area contributed by atoms with Crippen LogP contribution < -0.4 is 5.73 Å². The first kappa shape index (κ1) is 12.7. The van der Waals surface area contributed by atoms with E-state index < -0.39 is 0 Å². The molecule has 0 unspecified atom stereocenters. The Labute approximate surface area is 109 Å². The highest BCUT2D eigenvalue weighted by Crippen LogP contribution is 2.15. The van der Waals surface area contributed by atoms with Gasteiger partial charge in [0.2, 0.25) is 0 Å². The van der Waals surface area contributed by atoms with Crippen molar-refractivity contribution in [2.75, 3.05) is 5.73 Å². The van der Waals surface area contributed by atoms with Crippen LogP contribution in [0.15, 0.2) is 36.4 Å². The van der Waals surface area contributed by atoms with Gasteiger partial charge >= 0.3 is 0 Å². The van der Waals surface area contributed by atoms with Crippen molar-refractivity contribution in [3.63, 3.8) is 0 Å². The van der Waals surface area contributed by atoms with Crippen LogP contribution in [0, 0.1) is 0 Å². The molecule has 0 saturated carbocycles. The number of aryl methyl sites for hydroxylation is 1. The van der Waals surface area contributed by atoms with Gasteiger partial charge in [0.25, 0.3) is 0 Å². The van der Waals surface area contributed by atoms with Crippen LogP contribution in [-0.4, -0.2) is 9.78 Å². The Bertz CT molecular complexity index is 474. The largest absolute Gasteiger partial charge is 0.384 e. The zero-order valence-electron chi connectivity index (χ0n) is 11.0. The third kappa shape index (κ3) is 3.13. The monoisotopic (exact) mass is 243 g/mol. The second-order valence-electron chi connectivity index (χ2n) is 4.62. The molecule has 0 aliphatic rings. The molecule has 18 heavy (non-hydrogen) atoms. The van der Waals surface area contributed by atoms with Crippen LogP contribution >= 0.6 is 0 Å². The quantitative estimate of drug-likeness (QED) is 0.788. The molecule has 96 valence electrons. The van der Waals surface area contributed by atoms with E-state index in [0.29, 0.717) is 5.82 Å². The number of hydrogen-bond donors (Lipinski definition) is 1. The molecule has 2 rings (SSSR count). The topological polar surface area (TPSA) is 43.8 Å². The lowest BCUT2D eigenvalue weighted by Gasteiger charge is -2.02. The first-order chi connectivity index (χ1) is 8.81. The summed E-state index contributed by atoms with van der Waals surface area (Å²) >= 11 is 0. The third-order valence-corrected chi connectivity index (χ3v) is 3.07. The maximum atomic E-state index is 6.00. The first-order valence-electron chi connectivity index (χ1n) is 6.71. The van der Waals surface area contributed by atoms with Crippen LogP contribution in [0.5, 0.6) is 0 Å². The molecular formula is C15H21N3. The number of hydrogen-bond acceptors (Lipinski definition) is 2. The second kappa shape index (κ2) is 6.24. The lowest BCUT2D eigenvalue weighted by atomic mass is 10.1. The van der Waals surface area contributed by atoms with Crippen molar-refractivity contribution in [1.82, 2.24) is 9.78 Å². The highest BCUT2D eigenvalue weighted by Gasteiger charge is 2.06. The summed E-state index contributed by atoms with van der Waals surface area (Å²) in [6.45, 7) is 2.22. The molecule has 2 aromatic rings. The average molecular weight is 243 g/mol. The fraction of sp³-hybridized carbons (Fsp3) is 0.400. The predicted octanol–water partition coefficient (Wildman–Crippen LogP) is 3.58. The minimum absolute atomic E-state index is 0.715. The highest BCUT2D eigenvalue weighted by atomic mass is 15.3. The number of nitrogen functional groups attached to an aromatic ring is 1. The number of benzene rings is 1. The first-order valence-corrected chi connectivity index (χ1v) is 6.71. The zero-order valence-corrected chi connectivity index (χ0v) is 11.0. The predicted molar refractivity (Wildman–Crippen MR) is 75.8 cm³/mol. The molecule has 1 aromatic heterocycles. The van der Waals surface area contributed by atoms with Crippen LogP contribution in [0.3, 0.4) is 0 Å². The van der Waals surface area contributed by atoms with Crippen LogP contribution in [0.2, 0.25) is 0 Å². The SMILES string of the molecule is CCCCCCc1cc(N)n(-c2ccccc2)n1. The van der Waals surface area contributed by atoms with Crippen LogP contribution in [0.1, 0.15) is 38.3 Å². The Morgan fingerprint density at radius 3 is 2.61 bits per heavy atom. The van der Waals surface area contributed by atoms with Crippen molar-refractivity contribution in [3.05, 3.63) is 42.1 Å². The Morgan fingerprint density at radius 2 is 1.89 bits per heavy atom. The number of unbranched alkanes of at least 4 members (excludes halogenated alkanes) is 3. The fourth-order valence-corrected chi connectivity index (χ4v) is 2.08. The number of nitrogens with zero attached hydrogens (tertiary/aromatic N) is 2. The van der Waals surface area contributed by atoms with Crippen molar-refractivity contribution >= 4 is 5.82 Å². The third-order valence-electron chi connectivity index (χ3n) is 3.07. The highest BCUT2D eigenvalue weighted by molar-refractivity contribution is 5.42. The molecule has 0 aliphatic carbocycles. The standard InChI is InChI=1S/C15H21N3/c1-2-3-4-6-9-13-12-15(16)18(17-13)14-10-7-5-8-11-14/h5,7-8,10-12H,2-4,6,9,16H2,1H3. The molecule has 1 aromatic carbocycles. The number of rotatable bonds is 6. The fourth-order valence-electron chi connectivity index (χ4n) is 2.08. The summed E-state index contributed by atoms with van der Waals surface area (Å²) in [6.07, 6.45) is 6.05. The molecule has 0 atom stereocenters. The van der Waals surface area contributed by atoms with E-state index >= 15 is 0 Å². The number of para-hydroxylation sites is 1. The van der Waals surface area contributed by atoms with Crippen molar-refractivity contribution in [1.29, 1.82) is 0 Å². The molecular weight excluding hydrogens is 222 g/mol. The van der Waals surface area contributed by atoms with Crippen LogP contribution in [-0.2, 0) is 6.42 Å². The van der Waals surface area contributed by atoms with Crippen LogP contribution in [0.4, 0.5) is 5.82 Å².